The summed E-state index contributed by atoms with van der Waals surface area (Å²) in [6.45, 7) is 4.00. The average Bonchev–Trinajstić information content (AvgIpc) is 2.10. The van der Waals surface area contributed by atoms with Gasteiger partial charge in [-0.3, -0.25) is 0 Å². The molecule has 15 heavy (non-hydrogen) atoms. The van der Waals surface area contributed by atoms with Crippen molar-refractivity contribution in [2.75, 3.05) is 0 Å². The van der Waals surface area contributed by atoms with Gasteiger partial charge in [-0.1, -0.05) is 51.3 Å². The summed E-state index contributed by atoms with van der Waals surface area (Å²) in [6.07, 6.45) is 0. The van der Waals surface area contributed by atoms with Crippen LogP contribution in [0.1, 0.15) is 13.8 Å². The Kier molecular flexibility index (Phi) is 39.9. The van der Waals surface area contributed by atoms with Crippen LogP contribution in [0.5, 0.6) is 0 Å². The van der Waals surface area contributed by atoms with E-state index in [0.717, 1.165) is 0 Å². The Morgan fingerprint density at radius 3 is 1.40 bits per heavy atom. The van der Waals surface area contributed by atoms with Gasteiger partial charge in [-0.25, -0.2) is 0 Å². The van der Waals surface area contributed by atoms with E-state index < -0.39 is 7.12 Å². The molecule has 5 heteroatoms. The van der Waals surface area contributed by atoms with Crippen molar-refractivity contribution in [2.45, 2.75) is 13.8 Å². The Labute approximate surface area is 127 Å². The Balaban J connectivity index is -0.0000000526. The zero-order valence-corrected chi connectivity index (χ0v) is 13.0. The first kappa shape index (κ1) is 29.6. The maximum atomic E-state index is 10.2. The van der Waals surface area contributed by atoms with E-state index in [1.54, 1.807) is 18.2 Å². The molecular formula is C10H17BMg2O2. The molecule has 1 aromatic rings. The molecule has 1 rings (SSSR count). The molecule has 0 heterocycles. The summed E-state index contributed by atoms with van der Waals surface area (Å²) in [5, 5.41) is 20.3. The quantitative estimate of drug-likeness (QED) is 0.470. The maximum Gasteiger partial charge on any atom is 2.00 e. The van der Waals surface area contributed by atoms with Crippen LogP contribution in [-0.2, 0) is 0 Å². The second-order valence-corrected chi connectivity index (χ2v) is 1.74. The van der Waals surface area contributed by atoms with Gasteiger partial charge in [0.05, 0.1) is 0 Å². The molecule has 0 saturated carbocycles. The molecule has 0 aliphatic carbocycles. The van der Waals surface area contributed by atoms with Gasteiger partial charge < -0.3 is 24.9 Å². The van der Waals surface area contributed by atoms with E-state index in [4.69, 9.17) is 0 Å². The average molecular weight is 229 g/mol. The number of hydrogen-bond donors (Lipinski definition) is 0. The Hall–Kier alpha value is 0.737. The predicted molar refractivity (Wildman–Crippen MR) is 67.5 cm³/mol. The third-order valence-electron chi connectivity index (χ3n) is 1.07. The fourth-order valence-electron chi connectivity index (χ4n) is 0.610. The minimum atomic E-state index is -1.84. The molecule has 0 aliphatic heterocycles. The molecule has 0 radical (unpaired) electrons. The fourth-order valence-corrected chi connectivity index (χ4v) is 0.610. The van der Waals surface area contributed by atoms with Gasteiger partial charge in [-0.05, 0) is 0 Å². The van der Waals surface area contributed by atoms with Gasteiger partial charge in [0.25, 0.3) is 0 Å². The van der Waals surface area contributed by atoms with Gasteiger partial charge >= 0.3 is 46.1 Å². The van der Waals surface area contributed by atoms with Gasteiger partial charge in [-0.15, -0.1) is 5.46 Å². The molecule has 0 spiro atoms. The van der Waals surface area contributed by atoms with E-state index in [9.17, 15) is 10.0 Å². The van der Waals surface area contributed by atoms with Crippen LogP contribution in [-0.4, -0.2) is 53.2 Å². The zero-order chi connectivity index (χ0) is 8.69. The van der Waals surface area contributed by atoms with Crippen molar-refractivity contribution in [1.82, 2.24) is 0 Å². The van der Waals surface area contributed by atoms with E-state index in [-0.39, 0.29) is 61.0 Å². The van der Waals surface area contributed by atoms with Crippen molar-refractivity contribution in [3.63, 3.8) is 0 Å². The van der Waals surface area contributed by atoms with Crippen LogP contribution in [0.2, 0.25) is 0 Å². The summed E-state index contributed by atoms with van der Waals surface area (Å²) >= 11 is 0. The summed E-state index contributed by atoms with van der Waals surface area (Å²) in [5.74, 6) is 0. The van der Waals surface area contributed by atoms with Crippen molar-refractivity contribution < 1.29 is 10.0 Å². The SMILES string of the molecule is CC.[CH3-].[CH3-].[Mg+2].[Mg+2].[O-]B([O-])c1ccccc1. The molecule has 0 fully saturated rings. The molecule has 1 aromatic carbocycles. The zero-order valence-electron chi connectivity index (χ0n) is 10.2. The number of rotatable bonds is 1. The van der Waals surface area contributed by atoms with Gasteiger partial charge in [0.1, 0.15) is 0 Å². The van der Waals surface area contributed by atoms with Crippen molar-refractivity contribution in [3.8, 4) is 0 Å². The Morgan fingerprint density at radius 1 is 0.867 bits per heavy atom. The first-order valence-corrected chi connectivity index (χ1v) is 3.67. The van der Waals surface area contributed by atoms with Crippen LogP contribution < -0.4 is 15.5 Å². The third kappa shape index (κ3) is 14.7. The van der Waals surface area contributed by atoms with Crippen LogP contribution in [0.4, 0.5) is 0 Å². The molecule has 0 atom stereocenters. The monoisotopic (exact) mass is 228 g/mol. The van der Waals surface area contributed by atoms with Gasteiger partial charge in [0, 0.05) is 0 Å². The van der Waals surface area contributed by atoms with Crippen molar-refractivity contribution >= 4 is 58.7 Å². The predicted octanol–water partition coefficient (Wildman–Crippen LogP) is -0.732. The first-order valence-electron chi connectivity index (χ1n) is 3.67. The summed E-state index contributed by atoms with van der Waals surface area (Å²) in [6, 6.07) is 8.19. The molecule has 0 N–H and O–H groups in total. The van der Waals surface area contributed by atoms with Crippen LogP contribution in [0.3, 0.4) is 0 Å². The molecule has 76 valence electrons. The first-order chi connectivity index (χ1) is 5.30. The summed E-state index contributed by atoms with van der Waals surface area (Å²) in [5.41, 5.74) is 0.303. The Morgan fingerprint density at radius 2 is 1.20 bits per heavy atom. The maximum absolute atomic E-state index is 10.2. The molecule has 0 saturated heterocycles. The van der Waals surface area contributed by atoms with Crippen LogP contribution in [0.25, 0.3) is 0 Å². The second kappa shape index (κ2) is 20.2. The van der Waals surface area contributed by atoms with Gasteiger partial charge in [0.2, 0.25) is 0 Å². The van der Waals surface area contributed by atoms with Crippen molar-refractivity contribution in [3.05, 3.63) is 45.2 Å². The van der Waals surface area contributed by atoms with E-state index >= 15 is 0 Å². The molecular weight excluding hydrogens is 212 g/mol. The Bertz CT molecular complexity index is 184. The van der Waals surface area contributed by atoms with Crippen LogP contribution in [0, 0.1) is 14.9 Å². The largest absolute Gasteiger partial charge is 2.00 e. The molecule has 0 aromatic heterocycles. The van der Waals surface area contributed by atoms with Crippen LogP contribution in [0.15, 0.2) is 30.3 Å². The van der Waals surface area contributed by atoms with E-state index in [1.807, 2.05) is 13.8 Å². The van der Waals surface area contributed by atoms with Gasteiger partial charge in [-0.2, -0.15) is 0 Å². The third-order valence-corrected chi connectivity index (χ3v) is 1.07. The van der Waals surface area contributed by atoms with Crippen molar-refractivity contribution in [1.29, 1.82) is 0 Å². The molecule has 2 nitrogen and oxygen atoms in total. The van der Waals surface area contributed by atoms with Gasteiger partial charge in [0.15, 0.2) is 0 Å². The summed E-state index contributed by atoms with van der Waals surface area (Å²) in [7, 11) is -1.84. The van der Waals surface area contributed by atoms with E-state index in [1.165, 1.54) is 12.1 Å². The molecule has 0 amide bonds. The minimum Gasteiger partial charge on any atom is -0.889 e. The topological polar surface area (TPSA) is 46.1 Å². The second-order valence-electron chi connectivity index (χ2n) is 1.74. The number of hydrogen-bond acceptors (Lipinski definition) is 2. The smallest absolute Gasteiger partial charge is 0.889 e. The van der Waals surface area contributed by atoms with Crippen LogP contribution >= 0.6 is 0 Å². The van der Waals surface area contributed by atoms with Crippen molar-refractivity contribution in [2.24, 2.45) is 0 Å². The summed E-state index contributed by atoms with van der Waals surface area (Å²) in [4.78, 5) is 0. The standard InChI is InChI=1S/C6H5BO2.C2H6.2CH3.2Mg/c8-7(9)6-4-2-1-3-5-6;1-2;;;;/h1-5H;1-2H3;2*1H3;;/q-2;;2*-1;2*+2. The molecule has 0 aliphatic rings. The summed E-state index contributed by atoms with van der Waals surface area (Å²) < 4.78 is 0. The molecule has 0 bridgehead atoms. The fraction of sp³-hybridized carbons (Fsp3) is 0.200. The van der Waals surface area contributed by atoms with E-state index in [2.05, 4.69) is 0 Å². The minimum absolute atomic E-state index is 0. The normalized spacial score (nSPS) is 5.87. The van der Waals surface area contributed by atoms with E-state index in [0.29, 0.717) is 5.46 Å². The molecule has 0 unspecified atom stereocenters. The number of benzene rings is 1.